The molecule has 0 saturated heterocycles. The molecular formula is C19H21NO4. The maximum Gasteiger partial charge on any atom is 0.211 e. The van der Waals surface area contributed by atoms with Gasteiger partial charge in [0.2, 0.25) is 6.04 Å². The zero-order chi connectivity index (χ0) is 17.4. The van der Waals surface area contributed by atoms with Crippen LogP contribution < -0.4 is 9.47 Å². The quantitative estimate of drug-likeness (QED) is 0.266. The van der Waals surface area contributed by atoms with Crippen LogP contribution in [0, 0.1) is 5.21 Å². The SMILES string of the molecule is C=CCOc1ccc(OC)cc1/C=[N+](\[O-])[C@@H](CO)c1ccccc1. The molecule has 0 saturated carbocycles. The molecule has 0 bridgehead atoms. The molecule has 2 aromatic rings. The van der Waals surface area contributed by atoms with Gasteiger partial charge < -0.3 is 19.8 Å². The Hall–Kier alpha value is -2.79. The summed E-state index contributed by atoms with van der Waals surface area (Å²) in [4.78, 5) is 0. The molecule has 0 aliphatic rings. The second kappa shape index (κ2) is 8.74. The van der Waals surface area contributed by atoms with Crippen molar-refractivity contribution in [1.29, 1.82) is 0 Å². The molecule has 0 aliphatic carbocycles. The number of hydrogen-bond donors (Lipinski definition) is 1. The van der Waals surface area contributed by atoms with Crippen LogP contribution in [0.5, 0.6) is 11.5 Å². The highest BCUT2D eigenvalue weighted by Crippen LogP contribution is 2.24. The molecule has 0 heterocycles. The van der Waals surface area contributed by atoms with E-state index in [1.165, 1.54) is 6.21 Å². The molecule has 1 N–H and O–H groups in total. The lowest BCUT2D eigenvalue weighted by atomic mass is 10.1. The van der Waals surface area contributed by atoms with Crippen molar-refractivity contribution in [2.24, 2.45) is 0 Å². The first-order valence-corrected chi connectivity index (χ1v) is 7.57. The standard InChI is InChI=1S/C19H21NO4/c1-3-11-24-19-10-9-17(23-2)12-16(19)13-20(22)18(14-21)15-7-5-4-6-8-15/h3-10,12-13,18,21H,1,11,14H2,2H3/b20-13-/t18-/m0/s1. The summed E-state index contributed by atoms with van der Waals surface area (Å²) in [6.07, 6.45) is 3.03. The number of hydrogen-bond acceptors (Lipinski definition) is 4. The van der Waals surface area contributed by atoms with Crippen LogP contribution in [0.1, 0.15) is 17.2 Å². The Morgan fingerprint density at radius 3 is 2.62 bits per heavy atom. The third kappa shape index (κ3) is 4.36. The minimum absolute atomic E-state index is 0.295. The van der Waals surface area contributed by atoms with Crippen LogP contribution >= 0.6 is 0 Å². The summed E-state index contributed by atoms with van der Waals surface area (Å²) in [6, 6.07) is 13.6. The molecule has 0 spiro atoms. The average molecular weight is 327 g/mol. The number of rotatable bonds is 8. The molecule has 5 nitrogen and oxygen atoms in total. The van der Waals surface area contributed by atoms with Crippen molar-refractivity contribution in [2.75, 3.05) is 20.3 Å². The predicted molar refractivity (Wildman–Crippen MR) is 93.7 cm³/mol. The number of benzene rings is 2. The zero-order valence-electron chi connectivity index (χ0n) is 13.6. The van der Waals surface area contributed by atoms with E-state index in [4.69, 9.17) is 9.47 Å². The fraction of sp³-hybridized carbons (Fsp3) is 0.211. The van der Waals surface area contributed by atoms with Crippen LogP contribution in [0.25, 0.3) is 0 Å². The lowest BCUT2D eigenvalue weighted by Crippen LogP contribution is -2.18. The molecule has 0 amide bonds. The van der Waals surface area contributed by atoms with Crippen LogP contribution in [-0.2, 0) is 0 Å². The third-order valence-corrected chi connectivity index (χ3v) is 3.50. The van der Waals surface area contributed by atoms with Gasteiger partial charge in [0, 0.05) is 5.56 Å². The van der Waals surface area contributed by atoms with E-state index in [9.17, 15) is 10.3 Å². The van der Waals surface area contributed by atoms with Gasteiger partial charge in [-0.1, -0.05) is 43.0 Å². The monoisotopic (exact) mass is 327 g/mol. The minimum Gasteiger partial charge on any atom is -0.623 e. The number of ether oxygens (including phenoxy) is 2. The second-order valence-electron chi connectivity index (χ2n) is 5.10. The zero-order valence-corrected chi connectivity index (χ0v) is 13.6. The Bertz CT molecular complexity index is 698. The van der Waals surface area contributed by atoms with Crippen LogP contribution in [-0.4, -0.2) is 36.4 Å². The summed E-state index contributed by atoms with van der Waals surface area (Å²) >= 11 is 0. The molecule has 2 rings (SSSR count). The average Bonchev–Trinajstić information content (AvgIpc) is 2.62. The van der Waals surface area contributed by atoms with E-state index in [1.807, 2.05) is 18.2 Å². The molecule has 0 aromatic heterocycles. The van der Waals surface area contributed by atoms with Crippen molar-refractivity contribution >= 4 is 6.21 Å². The Morgan fingerprint density at radius 1 is 1.25 bits per heavy atom. The smallest absolute Gasteiger partial charge is 0.211 e. The van der Waals surface area contributed by atoms with E-state index in [2.05, 4.69) is 6.58 Å². The van der Waals surface area contributed by atoms with Gasteiger partial charge in [0.05, 0.1) is 12.7 Å². The molecule has 2 aromatic carbocycles. The number of hydroxylamine groups is 1. The van der Waals surface area contributed by atoms with E-state index in [1.54, 1.807) is 43.5 Å². The molecule has 0 aliphatic heterocycles. The third-order valence-electron chi connectivity index (χ3n) is 3.50. The largest absolute Gasteiger partial charge is 0.623 e. The van der Waals surface area contributed by atoms with Crippen molar-refractivity contribution in [1.82, 2.24) is 0 Å². The van der Waals surface area contributed by atoms with Crippen LogP contribution in [0.15, 0.2) is 61.2 Å². The van der Waals surface area contributed by atoms with E-state index in [0.29, 0.717) is 23.7 Å². The highest BCUT2D eigenvalue weighted by molar-refractivity contribution is 5.81. The van der Waals surface area contributed by atoms with Crippen molar-refractivity contribution in [3.8, 4) is 11.5 Å². The van der Waals surface area contributed by atoms with Crippen LogP contribution in [0.2, 0.25) is 0 Å². The van der Waals surface area contributed by atoms with E-state index in [0.717, 1.165) is 10.3 Å². The van der Waals surface area contributed by atoms with Gasteiger partial charge in [-0.05, 0) is 18.2 Å². The molecule has 0 fully saturated rings. The fourth-order valence-electron chi connectivity index (χ4n) is 2.27. The van der Waals surface area contributed by atoms with Crippen molar-refractivity contribution in [2.45, 2.75) is 6.04 Å². The van der Waals surface area contributed by atoms with Gasteiger partial charge >= 0.3 is 0 Å². The molecule has 24 heavy (non-hydrogen) atoms. The van der Waals surface area contributed by atoms with Crippen molar-refractivity contribution in [3.63, 3.8) is 0 Å². The molecular weight excluding hydrogens is 306 g/mol. The summed E-state index contributed by atoms with van der Waals surface area (Å²) in [7, 11) is 1.55. The highest BCUT2D eigenvalue weighted by Gasteiger charge is 2.18. The Morgan fingerprint density at radius 2 is 2.00 bits per heavy atom. The maximum atomic E-state index is 12.6. The summed E-state index contributed by atoms with van der Waals surface area (Å²) in [5.74, 6) is 1.15. The van der Waals surface area contributed by atoms with Gasteiger partial charge in [-0.25, -0.2) is 4.74 Å². The molecule has 126 valence electrons. The van der Waals surface area contributed by atoms with Crippen molar-refractivity contribution in [3.05, 3.63) is 77.5 Å². The van der Waals surface area contributed by atoms with Gasteiger partial charge in [-0.15, -0.1) is 0 Å². The van der Waals surface area contributed by atoms with Gasteiger partial charge in [-0.2, -0.15) is 0 Å². The first-order chi connectivity index (χ1) is 11.7. The first kappa shape index (κ1) is 17.6. The van der Waals surface area contributed by atoms with Gasteiger partial charge in [-0.3, -0.25) is 0 Å². The van der Waals surface area contributed by atoms with Gasteiger partial charge in [0.15, 0.2) is 6.21 Å². The summed E-state index contributed by atoms with van der Waals surface area (Å²) in [5.41, 5.74) is 1.31. The molecule has 0 unspecified atom stereocenters. The Labute approximate surface area is 141 Å². The second-order valence-corrected chi connectivity index (χ2v) is 5.10. The number of aliphatic hydroxyl groups is 1. The van der Waals surface area contributed by atoms with Crippen molar-refractivity contribution < 1.29 is 19.3 Å². The lowest BCUT2D eigenvalue weighted by molar-refractivity contribution is -0.506. The topological polar surface area (TPSA) is 64.8 Å². The van der Waals surface area contributed by atoms with Crippen LogP contribution in [0.4, 0.5) is 0 Å². The lowest BCUT2D eigenvalue weighted by Gasteiger charge is -2.16. The normalized spacial score (nSPS) is 12.5. The molecule has 1 atom stereocenters. The summed E-state index contributed by atoms with van der Waals surface area (Å²) in [6.45, 7) is 3.65. The van der Waals surface area contributed by atoms with Gasteiger partial charge in [0.1, 0.15) is 24.7 Å². The Kier molecular flexibility index (Phi) is 6.40. The van der Waals surface area contributed by atoms with Crippen LogP contribution in [0.3, 0.4) is 0 Å². The highest BCUT2D eigenvalue weighted by atomic mass is 16.5. The Balaban J connectivity index is 2.37. The van der Waals surface area contributed by atoms with E-state index in [-0.39, 0.29) is 6.61 Å². The van der Waals surface area contributed by atoms with E-state index < -0.39 is 6.04 Å². The predicted octanol–water partition coefficient (Wildman–Crippen LogP) is 2.92. The number of methoxy groups -OCH3 is 1. The first-order valence-electron chi connectivity index (χ1n) is 7.57. The summed E-state index contributed by atoms with van der Waals surface area (Å²) < 4.78 is 11.5. The minimum atomic E-state index is -0.690. The number of aliphatic hydroxyl groups excluding tert-OH is 1. The van der Waals surface area contributed by atoms with E-state index >= 15 is 0 Å². The number of nitrogens with zero attached hydrogens (tertiary/aromatic N) is 1. The molecule has 5 heteroatoms. The molecule has 0 radical (unpaired) electrons. The fourth-order valence-corrected chi connectivity index (χ4v) is 2.27. The van der Waals surface area contributed by atoms with Gasteiger partial charge in [0.25, 0.3) is 0 Å². The summed E-state index contributed by atoms with van der Waals surface area (Å²) in [5, 5.41) is 22.2. The maximum absolute atomic E-state index is 12.6.